The fourth-order valence-corrected chi connectivity index (χ4v) is 4.52. The van der Waals surface area contributed by atoms with E-state index >= 15 is 0 Å². The molecule has 2 bridgehead atoms. The molecule has 116 valence electrons. The van der Waals surface area contributed by atoms with Crippen LogP contribution in [0.25, 0.3) is 0 Å². The zero-order valence-electron chi connectivity index (χ0n) is 14.0. The first kappa shape index (κ1) is 14.7. The molecule has 1 aromatic carbocycles. The van der Waals surface area contributed by atoms with Crippen molar-refractivity contribution in [2.75, 3.05) is 0 Å². The summed E-state index contributed by atoms with van der Waals surface area (Å²) in [7, 11) is 0. The van der Waals surface area contributed by atoms with Crippen molar-refractivity contribution in [3.05, 3.63) is 23.3 Å². The van der Waals surface area contributed by atoms with E-state index in [0.29, 0.717) is 17.6 Å². The van der Waals surface area contributed by atoms with Gasteiger partial charge in [0.25, 0.3) is 0 Å². The van der Waals surface area contributed by atoms with E-state index in [9.17, 15) is 5.11 Å². The quantitative estimate of drug-likeness (QED) is 0.826. The van der Waals surface area contributed by atoms with E-state index in [1.807, 2.05) is 6.07 Å². The Hall–Kier alpha value is -1.18. The number of ether oxygens (including phenoxy) is 1. The average Bonchev–Trinajstić information content (AvgIpc) is 2.38. The van der Waals surface area contributed by atoms with Crippen LogP contribution in [0.15, 0.2) is 12.1 Å². The Morgan fingerprint density at radius 1 is 1.24 bits per heavy atom. The highest BCUT2D eigenvalue weighted by Gasteiger charge is 2.54. The average molecular weight is 288 g/mol. The summed E-state index contributed by atoms with van der Waals surface area (Å²) in [6.45, 7) is 11.4. The van der Waals surface area contributed by atoms with Crippen LogP contribution in [0.5, 0.6) is 11.5 Å². The van der Waals surface area contributed by atoms with Gasteiger partial charge in [-0.15, -0.1) is 0 Å². The molecule has 1 aliphatic heterocycles. The van der Waals surface area contributed by atoms with Gasteiger partial charge in [-0.2, -0.15) is 0 Å². The van der Waals surface area contributed by atoms with Gasteiger partial charge in [-0.3, -0.25) is 0 Å². The Morgan fingerprint density at radius 3 is 2.62 bits per heavy atom. The first-order valence-electron chi connectivity index (χ1n) is 8.33. The van der Waals surface area contributed by atoms with Crippen molar-refractivity contribution < 1.29 is 9.84 Å². The molecule has 1 N–H and O–H groups in total. The fourth-order valence-electron chi connectivity index (χ4n) is 4.52. The lowest BCUT2D eigenvalue weighted by molar-refractivity contribution is -0.0725. The minimum Gasteiger partial charge on any atom is -0.508 e. The van der Waals surface area contributed by atoms with Crippen molar-refractivity contribution in [1.82, 2.24) is 0 Å². The maximum Gasteiger partial charge on any atom is 0.127 e. The Kier molecular flexibility index (Phi) is 3.27. The molecule has 2 nitrogen and oxygen atoms in total. The van der Waals surface area contributed by atoms with Crippen LogP contribution in [-0.2, 0) is 6.42 Å². The zero-order chi connectivity index (χ0) is 15.4. The summed E-state index contributed by atoms with van der Waals surface area (Å²) in [6.07, 6.45) is 4.31. The van der Waals surface area contributed by atoms with Gasteiger partial charge in [0.2, 0.25) is 0 Å². The normalized spacial score (nSPS) is 33.2. The summed E-state index contributed by atoms with van der Waals surface area (Å²) in [5, 5.41) is 10.6. The van der Waals surface area contributed by atoms with Crippen molar-refractivity contribution in [1.29, 1.82) is 0 Å². The molecule has 0 spiro atoms. The number of aromatic hydroxyl groups is 1. The Labute approximate surface area is 128 Å². The largest absolute Gasteiger partial charge is 0.508 e. The van der Waals surface area contributed by atoms with Crippen LogP contribution in [0.3, 0.4) is 0 Å². The van der Waals surface area contributed by atoms with E-state index in [1.54, 1.807) is 0 Å². The number of phenolic OH excluding ortho intramolecular Hbond substituents is 1. The van der Waals surface area contributed by atoms with Gasteiger partial charge < -0.3 is 9.84 Å². The number of benzene rings is 1. The van der Waals surface area contributed by atoms with Crippen LogP contribution in [-0.4, -0.2) is 10.7 Å². The molecule has 0 saturated heterocycles. The molecule has 2 aliphatic rings. The molecule has 2 heteroatoms. The summed E-state index contributed by atoms with van der Waals surface area (Å²) in [5.74, 6) is 2.16. The lowest BCUT2D eigenvalue weighted by atomic mass is 9.55. The van der Waals surface area contributed by atoms with E-state index in [2.05, 4.69) is 40.7 Å². The van der Waals surface area contributed by atoms with E-state index in [1.165, 1.54) is 5.56 Å². The maximum absolute atomic E-state index is 10.6. The summed E-state index contributed by atoms with van der Waals surface area (Å²) < 4.78 is 6.40. The van der Waals surface area contributed by atoms with E-state index < -0.39 is 0 Å². The number of rotatable bonds is 2. The molecule has 1 unspecified atom stereocenters. The molecular formula is C19H28O2. The van der Waals surface area contributed by atoms with Crippen molar-refractivity contribution in [2.24, 2.45) is 11.3 Å². The number of aryl methyl sites for hydroxylation is 1. The van der Waals surface area contributed by atoms with Gasteiger partial charge in [0.15, 0.2) is 0 Å². The van der Waals surface area contributed by atoms with Crippen LogP contribution in [0.4, 0.5) is 0 Å². The van der Waals surface area contributed by atoms with Crippen molar-refractivity contribution in [2.45, 2.75) is 71.8 Å². The predicted molar refractivity (Wildman–Crippen MR) is 86.1 cm³/mol. The lowest BCUT2D eigenvalue weighted by Gasteiger charge is -2.56. The van der Waals surface area contributed by atoms with Gasteiger partial charge in [-0.05, 0) is 49.3 Å². The number of phenols is 1. The molecule has 1 aliphatic carbocycles. The molecular weight excluding hydrogens is 260 g/mol. The third kappa shape index (κ3) is 2.15. The third-order valence-corrected chi connectivity index (χ3v) is 5.94. The van der Waals surface area contributed by atoms with Gasteiger partial charge in [-0.1, -0.05) is 34.1 Å². The Bertz CT molecular complexity index is 561. The number of hydrogen-bond donors (Lipinski definition) is 1. The first-order chi connectivity index (χ1) is 9.78. The minimum atomic E-state index is -0.0928. The van der Waals surface area contributed by atoms with Gasteiger partial charge in [0, 0.05) is 17.4 Å². The highest BCUT2D eigenvalue weighted by atomic mass is 16.5. The SMILES string of the molecule is CCCc1cc(O)c2c(c1)O[C@]1(C)CCC(C)(C)C2[C@H]1C. The highest BCUT2D eigenvalue weighted by molar-refractivity contribution is 5.53. The molecule has 3 rings (SSSR count). The first-order valence-corrected chi connectivity index (χ1v) is 8.33. The van der Waals surface area contributed by atoms with Crippen molar-refractivity contribution in [3.8, 4) is 11.5 Å². The number of hydrogen-bond acceptors (Lipinski definition) is 2. The molecule has 1 saturated carbocycles. The summed E-state index contributed by atoms with van der Waals surface area (Å²) in [4.78, 5) is 0. The standard InChI is InChI=1S/C19H28O2/c1-6-7-13-10-14(20)16-15(11-13)21-19(5)9-8-18(3,4)17(16)12(19)2/h10-12,17,20H,6-9H2,1-5H3/t12-,17?,19-/m1/s1. The van der Waals surface area contributed by atoms with Gasteiger partial charge in [0.1, 0.15) is 17.1 Å². The van der Waals surface area contributed by atoms with Crippen LogP contribution >= 0.6 is 0 Å². The minimum absolute atomic E-state index is 0.0928. The van der Waals surface area contributed by atoms with Gasteiger partial charge in [-0.25, -0.2) is 0 Å². The fraction of sp³-hybridized carbons (Fsp3) is 0.684. The van der Waals surface area contributed by atoms with E-state index in [0.717, 1.165) is 37.0 Å². The molecule has 3 atom stereocenters. The van der Waals surface area contributed by atoms with Gasteiger partial charge >= 0.3 is 0 Å². The zero-order valence-corrected chi connectivity index (χ0v) is 14.0. The lowest BCUT2D eigenvalue weighted by Crippen LogP contribution is -2.53. The monoisotopic (exact) mass is 288 g/mol. The second-order valence-corrected chi connectivity index (χ2v) is 7.95. The molecule has 1 fully saturated rings. The third-order valence-electron chi connectivity index (χ3n) is 5.94. The molecule has 0 aromatic heterocycles. The summed E-state index contributed by atoms with van der Waals surface area (Å²) >= 11 is 0. The van der Waals surface area contributed by atoms with Crippen LogP contribution < -0.4 is 4.74 Å². The Morgan fingerprint density at radius 2 is 1.95 bits per heavy atom. The second-order valence-electron chi connectivity index (χ2n) is 7.95. The number of fused-ring (bicyclic) bond motifs is 4. The second kappa shape index (κ2) is 4.66. The maximum atomic E-state index is 10.6. The molecule has 0 amide bonds. The molecule has 1 aromatic rings. The molecule has 1 heterocycles. The van der Waals surface area contributed by atoms with Crippen LogP contribution in [0.2, 0.25) is 0 Å². The molecule has 0 radical (unpaired) electrons. The van der Waals surface area contributed by atoms with Crippen LogP contribution in [0, 0.1) is 11.3 Å². The topological polar surface area (TPSA) is 29.5 Å². The summed E-state index contributed by atoms with van der Waals surface area (Å²) in [5.41, 5.74) is 2.35. The van der Waals surface area contributed by atoms with Crippen molar-refractivity contribution in [3.63, 3.8) is 0 Å². The predicted octanol–water partition coefficient (Wildman–Crippen LogP) is 5.04. The molecule has 21 heavy (non-hydrogen) atoms. The highest BCUT2D eigenvalue weighted by Crippen LogP contribution is 2.61. The van der Waals surface area contributed by atoms with Gasteiger partial charge in [0.05, 0.1) is 0 Å². The van der Waals surface area contributed by atoms with Crippen molar-refractivity contribution >= 4 is 0 Å². The smallest absolute Gasteiger partial charge is 0.127 e. The summed E-state index contributed by atoms with van der Waals surface area (Å²) in [6, 6.07) is 4.11. The van der Waals surface area contributed by atoms with Crippen LogP contribution in [0.1, 0.15) is 70.9 Å². The Balaban J connectivity index is 2.17. The van der Waals surface area contributed by atoms with E-state index in [4.69, 9.17) is 4.74 Å². The van der Waals surface area contributed by atoms with E-state index in [-0.39, 0.29) is 11.0 Å².